The molecule has 3 aromatic rings. The van der Waals surface area contributed by atoms with E-state index in [-0.39, 0.29) is 16.8 Å². The first-order chi connectivity index (χ1) is 14.2. The van der Waals surface area contributed by atoms with Gasteiger partial charge in [0, 0.05) is 19.5 Å². The monoisotopic (exact) mass is 420 g/mol. The maximum Gasteiger partial charge on any atom is 0.224 e. The lowest BCUT2D eigenvalue weighted by molar-refractivity contribution is 0.604. The number of anilines is 3. The Labute approximate surface area is 180 Å². The molecule has 3 rings (SSSR count). The lowest BCUT2D eigenvalue weighted by atomic mass is 9.95. The van der Waals surface area contributed by atoms with Crippen LogP contribution in [0.15, 0.2) is 30.3 Å². The highest BCUT2D eigenvalue weighted by Crippen LogP contribution is 2.38. The average molecular weight is 421 g/mol. The molecule has 0 amide bonds. The Balaban J connectivity index is 1.95. The molecule has 0 aliphatic rings. The van der Waals surface area contributed by atoms with E-state index in [4.69, 9.17) is 0 Å². The van der Waals surface area contributed by atoms with Crippen LogP contribution in [-0.2, 0) is 12.0 Å². The van der Waals surface area contributed by atoms with Gasteiger partial charge in [0.15, 0.2) is 22.3 Å². The van der Waals surface area contributed by atoms with Crippen LogP contribution in [0, 0.1) is 22.7 Å². The van der Waals surface area contributed by atoms with Gasteiger partial charge in [-0.15, -0.1) is 0 Å². The molecular weight excluding hydrogens is 396 g/mol. The van der Waals surface area contributed by atoms with E-state index in [2.05, 4.69) is 47.7 Å². The zero-order valence-corrected chi connectivity index (χ0v) is 18.5. The number of aromatic nitrogens is 3. The van der Waals surface area contributed by atoms with E-state index in [0.717, 1.165) is 15.6 Å². The highest BCUT2D eigenvalue weighted by Gasteiger charge is 2.25. The van der Waals surface area contributed by atoms with Crippen LogP contribution in [0.25, 0.3) is 0 Å². The number of nitriles is 2. The van der Waals surface area contributed by atoms with Crippen molar-refractivity contribution in [2.45, 2.75) is 32.7 Å². The number of nitrogens with zero attached hydrogens (tertiary/aromatic N) is 6. The molecule has 0 unspecified atom stereocenters. The Morgan fingerprint density at radius 2 is 1.77 bits per heavy atom. The zero-order chi connectivity index (χ0) is 21.9. The zero-order valence-electron chi connectivity index (χ0n) is 17.7. The van der Waals surface area contributed by atoms with Crippen LogP contribution < -0.4 is 15.8 Å². The molecule has 30 heavy (non-hydrogen) atoms. The molecule has 1 aromatic carbocycles. The van der Waals surface area contributed by atoms with E-state index in [1.807, 2.05) is 55.4 Å². The molecule has 0 fully saturated rings. The quantitative estimate of drug-likeness (QED) is 0.582. The van der Waals surface area contributed by atoms with Gasteiger partial charge in [0.2, 0.25) is 5.95 Å². The van der Waals surface area contributed by atoms with Gasteiger partial charge >= 0.3 is 0 Å². The van der Waals surface area contributed by atoms with Gasteiger partial charge in [0.05, 0.1) is 11.4 Å². The molecule has 0 saturated heterocycles. The summed E-state index contributed by atoms with van der Waals surface area (Å²) in [6.45, 7) is 6.80. The standard InChI is InChI=1S/C21H24N8S/c1-21(2,3)17-18(25-20(30-17)28(4)5)26-27-19-24-15(11-22)16(12-23)29(19)13-14-9-7-6-8-10-14/h6-10,26H,13H2,1-5H3,(H,24,27). The van der Waals surface area contributed by atoms with E-state index < -0.39 is 0 Å². The summed E-state index contributed by atoms with van der Waals surface area (Å²) in [4.78, 5) is 12.0. The van der Waals surface area contributed by atoms with Gasteiger partial charge in [-0.1, -0.05) is 62.4 Å². The van der Waals surface area contributed by atoms with Crippen molar-refractivity contribution >= 4 is 28.2 Å². The summed E-state index contributed by atoms with van der Waals surface area (Å²) in [6.07, 6.45) is 0. The first kappa shape index (κ1) is 21.2. The van der Waals surface area contributed by atoms with Crippen molar-refractivity contribution in [2.24, 2.45) is 0 Å². The largest absolute Gasteiger partial charge is 0.354 e. The van der Waals surface area contributed by atoms with Crippen LogP contribution >= 0.6 is 11.3 Å². The third-order valence-corrected chi connectivity index (χ3v) is 5.98. The third-order valence-electron chi connectivity index (χ3n) is 4.34. The summed E-state index contributed by atoms with van der Waals surface area (Å²) in [6, 6.07) is 13.8. The van der Waals surface area contributed by atoms with Gasteiger partial charge in [-0.3, -0.25) is 15.4 Å². The second-order valence-electron chi connectivity index (χ2n) is 8.00. The van der Waals surface area contributed by atoms with Gasteiger partial charge in [-0.2, -0.15) is 15.5 Å². The van der Waals surface area contributed by atoms with Crippen LogP contribution in [-0.4, -0.2) is 28.6 Å². The van der Waals surface area contributed by atoms with Crippen molar-refractivity contribution in [3.05, 3.63) is 52.2 Å². The molecule has 8 nitrogen and oxygen atoms in total. The number of rotatable bonds is 6. The molecule has 2 N–H and O–H groups in total. The normalized spacial score (nSPS) is 10.9. The summed E-state index contributed by atoms with van der Waals surface area (Å²) in [5.74, 6) is 1.08. The van der Waals surface area contributed by atoms with Crippen LogP contribution in [0.1, 0.15) is 42.6 Å². The maximum atomic E-state index is 9.60. The Morgan fingerprint density at radius 1 is 1.07 bits per heavy atom. The van der Waals surface area contributed by atoms with E-state index in [0.29, 0.717) is 18.3 Å². The highest BCUT2D eigenvalue weighted by molar-refractivity contribution is 7.16. The third kappa shape index (κ3) is 4.37. The predicted molar refractivity (Wildman–Crippen MR) is 120 cm³/mol. The molecule has 0 saturated carbocycles. The summed E-state index contributed by atoms with van der Waals surface area (Å²) < 4.78 is 1.69. The second-order valence-corrected chi connectivity index (χ2v) is 8.97. The fourth-order valence-corrected chi connectivity index (χ4v) is 3.87. The molecule has 2 heterocycles. The molecule has 0 atom stereocenters. The van der Waals surface area contributed by atoms with Crippen molar-refractivity contribution in [3.8, 4) is 12.1 Å². The van der Waals surface area contributed by atoms with Gasteiger partial charge < -0.3 is 4.90 Å². The van der Waals surface area contributed by atoms with E-state index in [1.54, 1.807) is 15.9 Å². The minimum atomic E-state index is -0.106. The minimum Gasteiger partial charge on any atom is -0.354 e. The number of hydrogen-bond acceptors (Lipinski definition) is 8. The summed E-state index contributed by atoms with van der Waals surface area (Å²) >= 11 is 1.61. The summed E-state index contributed by atoms with van der Waals surface area (Å²) in [5.41, 5.74) is 7.41. The Hall–Kier alpha value is -3.56. The summed E-state index contributed by atoms with van der Waals surface area (Å²) in [7, 11) is 3.90. The number of benzene rings is 1. The van der Waals surface area contributed by atoms with Crippen molar-refractivity contribution < 1.29 is 0 Å². The smallest absolute Gasteiger partial charge is 0.224 e. The first-order valence-corrected chi connectivity index (χ1v) is 10.2. The van der Waals surface area contributed by atoms with Crippen molar-refractivity contribution in [2.75, 3.05) is 29.8 Å². The molecule has 0 aliphatic carbocycles. The maximum absolute atomic E-state index is 9.60. The number of nitrogens with one attached hydrogen (secondary N) is 2. The van der Waals surface area contributed by atoms with Crippen LogP contribution in [0.3, 0.4) is 0 Å². The number of thiazole rings is 1. The number of hydrazine groups is 1. The van der Waals surface area contributed by atoms with Gasteiger partial charge in [0.1, 0.15) is 12.1 Å². The Morgan fingerprint density at radius 3 is 2.33 bits per heavy atom. The summed E-state index contributed by atoms with van der Waals surface area (Å²) in [5, 5.41) is 19.9. The van der Waals surface area contributed by atoms with Crippen LogP contribution in [0.2, 0.25) is 0 Å². The van der Waals surface area contributed by atoms with Gasteiger partial charge in [0.25, 0.3) is 0 Å². The lowest BCUT2D eigenvalue weighted by Crippen LogP contribution is -2.19. The molecule has 0 radical (unpaired) electrons. The lowest BCUT2D eigenvalue weighted by Gasteiger charge is -2.19. The highest BCUT2D eigenvalue weighted by atomic mass is 32.1. The molecule has 0 spiro atoms. The van der Waals surface area contributed by atoms with Crippen LogP contribution in [0.5, 0.6) is 0 Å². The van der Waals surface area contributed by atoms with E-state index >= 15 is 0 Å². The minimum absolute atomic E-state index is 0.0843. The van der Waals surface area contributed by atoms with Crippen molar-refractivity contribution in [1.29, 1.82) is 10.5 Å². The number of imidazole rings is 1. The fourth-order valence-electron chi connectivity index (χ4n) is 2.87. The Bertz CT molecular complexity index is 1110. The topological polar surface area (TPSA) is 106 Å². The molecular formula is C21H24N8S. The molecule has 154 valence electrons. The van der Waals surface area contributed by atoms with Crippen LogP contribution in [0.4, 0.5) is 16.9 Å². The molecule has 2 aromatic heterocycles. The fraction of sp³-hybridized carbons (Fsp3) is 0.333. The number of hydrogen-bond donors (Lipinski definition) is 2. The van der Waals surface area contributed by atoms with Crippen molar-refractivity contribution in [3.63, 3.8) is 0 Å². The van der Waals surface area contributed by atoms with E-state index in [9.17, 15) is 10.5 Å². The molecule has 0 aliphatic heterocycles. The second kappa shape index (κ2) is 8.44. The Kier molecular flexibility index (Phi) is 5.95. The molecule has 9 heteroatoms. The SMILES string of the molecule is CN(C)c1nc(NNc2nc(C#N)c(C#N)n2Cc2ccccc2)c(C(C)(C)C)s1. The predicted octanol–water partition coefficient (Wildman–Crippen LogP) is 3.93. The van der Waals surface area contributed by atoms with E-state index in [1.165, 1.54) is 0 Å². The average Bonchev–Trinajstić information content (AvgIpc) is 3.28. The first-order valence-electron chi connectivity index (χ1n) is 9.40. The van der Waals surface area contributed by atoms with Gasteiger partial charge in [-0.25, -0.2) is 4.98 Å². The molecule has 0 bridgehead atoms. The van der Waals surface area contributed by atoms with Crippen molar-refractivity contribution in [1.82, 2.24) is 14.5 Å². The van der Waals surface area contributed by atoms with Gasteiger partial charge in [-0.05, 0) is 5.56 Å².